The Morgan fingerprint density at radius 3 is 2.71 bits per heavy atom. The van der Waals surface area contributed by atoms with Crippen molar-refractivity contribution in [3.63, 3.8) is 0 Å². The molecule has 0 amide bonds. The van der Waals surface area contributed by atoms with E-state index in [1.807, 2.05) is 24.3 Å². The zero-order valence-electron chi connectivity index (χ0n) is 7.61. The smallest absolute Gasteiger partial charge is 0.0983 e. The first-order valence-electron chi connectivity index (χ1n) is 4.58. The van der Waals surface area contributed by atoms with Crippen LogP contribution in [0.2, 0.25) is 0 Å². The molecule has 14 heavy (non-hydrogen) atoms. The fraction of sp³-hybridized carbons (Fsp3) is 0.364. The van der Waals surface area contributed by atoms with Gasteiger partial charge in [0.1, 0.15) is 0 Å². The van der Waals surface area contributed by atoms with Crippen LogP contribution in [0.25, 0.3) is 0 Å². The highest BCUT2D eigenvalue weighted by Gasteiger charge is 2.29. The lowest BCUT2D eigenvalue weighted by atomic mass is 9.97. The van der Waals surface area contributed by atoms with Gasteiger partial charge in [0.15, 0.2) is 0 Å². The zero-order chi connectivity index (χ0) is 9.97. The van der Waals surface area contributed by atoms with E-state index in [0.29, 0.717) is 6.61 Å². The third-order valence-electron chi connectivity index (χ3n) is 2.46. The summed E-state index contributed by atoms with van der Waals surface area (Å²) in [6, 6.07) is 10.3. The Hall–Kier alpha value is -0.850. The van der Waals surface area contributed by atoms with E-state index in [9.17, 15) is 0 Å². The van der Waals surface area contributed by atoms with Crippen LogP contribution in [-0.4, -0.2) is 6.61 Å². The number of ether oxygens (including phenoxy) is 1. The molecular formula is C11H10BrNO. The maximum absolute atomic E-state index is 8.91. The molecule has 2 nitrogen and oxygen atoms in total. The molecule has 0 radical (unpaired) electrons. The van der Waals surface area contributed by atoms with E-state index < -0.39 is 0 Å². The van der Waals surface area contributed by atoms with Crippen molar-refractivity contribution >= 4 is 15.9 Å². The van der Waals surface area contributed by atoms with Gasteiger partial charge in [-0.3, -0.25) is 0 Å². The molecule has 0 saturated carbocycles. The summed E-state index contributed by atoms with van der Waals surface area (Å²) in [5, 5.41) is 8.91. The summed E-state index contributed by atoms with van der Waals surface area (Å²) in [7, 11) is 0. The third-order valence-corrected chi connectivity index (χ3v) is 2.98. The zero-order valence-corrected chi connectivity index (χ0v) is 9.20. The minimum Gasteiger partial charge on any atom is -0.372 e. The molecule has 0 aromatic heterocycles. The van der Waals surface area contributed by atoms with Crippen LogP contribution < -0.4 is 0 Å². The van der Waals surface area contributed by atoms with Gasteiger partial charge in [0.2, 0.25) is 0 Å². The van der Waals surface area contributed by atoms with E-state index in [-0.39, 0.29) is 12.0 Å². The van der Waals surface area contributed by atoms with E-state index in [2.05, 4.69) is 22.0 Å². The van der Waals surface area contributed by atoms with Crippen molar-refractivity contribution in [1.82, 2.24) is 0 Å². The Morgan fingerprint density at radius 2 is 2.07 bits per heavy atom. The minimum absolute atomic E-state index is 0.0103. The number of hydrogen-bond donors (Lipinski definition) is 0. The summed E-state index contributed by atoms with van der Waals surface area (Å²) >= 11 is 3.38. The molecule has 1 heterocycles. The van der Waals surface area contributed by atoms with Crippen LogP contribution in [0.15, 0.2) is 28.7 Å². The van der Waals surface area contributed by atoms with Crippen LogP contribution in [0.3, 0.4) is 0 Å². The van der Waals surface area contributed by atoms with Crippen molar-refractivity contribution in [3.8, 4) is 6.07 Å². The van der Waals surface area contributed by atoms with E-state index in [1.54, 1.807) is 0 Å². The lowest BCUT2D eigenvalue weighted by Gasteiger charge is -2.12. The average molecular weight is 252 g/mol. The summed E-state index contributed by atoms with van der Waals surface area (Å²) in [5.41, 5.74) is 1.09. The lowest BCUT2D eigenvalue weighted by molar-refractivity contribution is 0.101. The summed E-state index contributed by atoms with van der Waals surface area (Å²) < 4.78 is 6.59. The van der Waals surface area contributed by atoms with Crippen LogP contribution >= 0.6 is 15.9 Å². The molecule has 0 bridgehead atoms. The van der Waals surface area contributed by atoms with Crippen molar-refractivity contribution < 1.29 is 4.74 Å². The number of nitrogens with zero attached hydrogens (tertiary/aromatic N) is 1. The highest BCUT2D eigenvalue weighted by Crippen LogP contribution is 2.34. The summed E-state index contributed by atoms with van der Waals surface area (Å²) in [4.78, 5) is 0. The third kappa shape index (κ3) is 1.82. The van der Waals surface area contributed by atoms with Gasteiger partial charge in [-0.1, -0.05) is 28.1 Å². The molecule has 2 atom stereocenters. The quantitative estimate of drug-likeness (QED) is 0.769. The molecule has 1 aliphatic heterocycles. The van der Waals surface area contributed by atoms with Crippen molar-refractivity contribution in [1.29, 1.82) is 5.26 Å². The second-order valence-electron chi connectivity index (χ2n) is 3.37. The van der Waals surface area contributed by atoms with E-state index in [1.165, 1.54) is 0 Å². The van der Waals surface area contributed by atoms with Gasteiger partial charge in [0.25, 0.3) is 0 Å². The first-order valence-corrected chi connectivity index (χ1v) is 5.37. The molecule has 0 aliphatic carbocycles. The average Bonchev–Trinajstić information content (AvgIpc) is 2.67. The van der Waals surface area contributed by atoms with E-state index >= 15 is 0 Å². The first-order chi connectivity index (χ1) is 6.81. The fourth-order valence-corrected chi connectivity index (χ4v) is 1.97. The monoisotopic (exact) mass is 251 g/mol. The Labute approximate surface area is 91.6 Å². The van der Waals surface area contributed by atoms with Gasteiger partial charge in [-0.25, -0.2) is 0 Å². The van der Waals surface area contributed by atoms with Crippen molar-refractivity contribution in [2.75, 3.05) is 6.61 Å². The van der Waals surface area contributed by atoms with Crippen LogP contribution in [-0.2, 0) is 4.74 Å². The highest BCUT2D eigenvalue weighted by atomic mass is 79.9. The van der Waals surface area contributed by atoms with E-state index in [4.69, 9.17) is 10.00 Å². The second kappa shape index (κ2) is 4.12. The predicted octanol–water partition coefficient (Wildman–Crippen LogP) is 3.05. The van der Waals surface area contributed by atoms with Gasteiger partial charge >= 0.3 is 0 Å². The molecule has 1 fully saturated rings. The predicted molar refractivity (Wildman–Crippen MR) is 56.6 cm³/mol. The van der Waals surface area contributed by atoms with Gasteiger partial charge in [-0.2, -0.15) is 5.26 Å². The van der Waals surface area contributed by atoms with Crippen molar-refractivity contribution in [3.05, 3.63) is 34.3 Å². The second-order valence-corrected chi connectivity index (χ2v) is 4.28. The normalized spacial score (nSPS) is 26.0. The molecule has 0 spiro atoms. The van der Waals surface area contributed by atoms with Gasteiger partial charge in [0, 0.05) is 11.1 Å². The molecule has 1 aliphatic rings. The fourth-order valence-electron chi connectivity index (χ4n) is 1.70. The highest BCUT2D eigenvalue weighted by molar-refractivity contribution is 9.10. The molecule has 0 N–H and O–H groups in total. The largest absolute Gasteiger partial charge is 0.372 e. The number of halogens is 1. The molecule has 1 saturated heterocycles. The number of rotatable bonds is 1. The standard InChI is InChI=1S/C11H10BrNO/c12-10-3-1-8(2-4-10)11-9(7-13)5-6-14-11/h1-4,9,11H,5-6H2. The maximum atomic E-state index is 8.91. The maximum Gasteiger partial charge on any atom is 0.0983 e. The SMILES string of the molecule is N#CC1CCOC1c1ccc(Br)cc1. The minimum atomic E-state index is -0.0342. The van der Waals surface area contributed by atoms with E-state index in [0.717, 1.165) is 16.5 Å². The van der Waals surface area contributed by atoms with Crippen LogP contribution in [0, 0.1) is 17.2 Å². The summed E-state index contributed by atoms with van der Waals surface area (Å²) in [6.07, 6.45) is 0.810. The molecule has 72 valence electrons. The topological polar surface area (TPSA) is 33.0 Å². The molecule has 2 unspecified atom stereocenters. The van der Waals surface area contributed by atoms with Gasteiger partial charge in [0.05, 0.1) is 18.1 Å². The van der Waals surface area contributed by atoms with Crippen LogP contribution in [0.1, 0.15) is 18.1 Å². The molecule has 1 aromatic rings. The number of benzene rings is 1. The summed E-state index contributed by atoms with van der Waals surface area (Å²) in [5.74, 6) is 0.0103. The van der Waals surface area contributed by atoms with Gasteiger partial charge < -0.3 is 4.74 Å². The Bertz CT molecular complexity index is 355. The Balaban J connectivity index is 2.23. The Kier molecular flexibility index (Phi) is 2.85. The van der Waals surface area contributed by atoms with Crippen LogP contribution in [0.4, 0.5) is 0 Å². The molecule has 3 heteroatoms. The lowest BCUT2D eigenvalue weighted by Crippen LogP contribution is -2.04. The molecule has 1 aromatic carbocycles. The van der Waals surface area contributed by atoms with Crippen LogP contribution in [0.5, 0.6) is 0 Å². The van der Waals surface area contributed by atoms with Crippen molar-refractivity contribution in [2.24, 2.45) is 5.92 Å². The van der Waals surface area contributed by atoms with Gasteiger partial charge in [-0.05, 0) is 24.1 Å². The summed E-state index contributed by atoms with van der Waals surface area (Å²) in [6.45, 7) is 0.693. The number of hydrogen-bond acceptors (Lipinski definition) is 2. The first kappa shape index (κ1) is 9.70. The Morgan fingerprint density at radius 1 is 1.36 bits per heavy atom. The molecule has 2 rings (SSSR count). The van der Waals surface area contributed by atoms with Crippen molar-refractivity contribution in [2.45, 2.75) is 12.5 Å². The van der Waals surface area contributed by atoms with Gasteiger partial charge in [-0.15, -0.1) is 0 Å². The number of nitriles is 1. The molecular weight excluding hydrogens is 242 g/mol.